The summed E-state index contributed by atoms with van der Waals surface area (Å²) in [6.07, 6.45) is 4.12. The Kier molecular flexibility index (Phi) is 5.54. The van der Waals surface area contributed by atoms with Gasteiger partial charge in [-0.15, -0.1) is 0 Å². The van der Waals surface area contributed by atoms with E-state index in [2.05, 4.69) is 49.2 Å². The van der Waals surface area contributed by atoms with Crippen molar-refractivity contribution in [1.82, 2.24) is 20.1 Å². The Morgan fingerprint density at radius 2 is 2.20 bits per heavy atom. The highest BCUT2D eigenvalue weighted by molar-refractivity contribution is 5.28. The van der Waals surface area contributed by atoms with Crippen molar-refractivity contribution in [2.75, 3.05) is 13.2 Å². The second-order valence-electron chi connectivity index (χ2n) is 7.08. The lowest BCUT2D eigenvalue weighted by atomic mass is 9.93. The van der Waals surface area contributed by atoms with E-state index < -0.39 is 0 Å². The Morgan fingerprint density at radius 3 is 2.88 bits per heavy atom. The first-order valence-electron chi connectivity index (χ1n) is 9.31. The summed E-state index contributed by atoms with van der Waals surface area (Å²) in [5.41, 5.74) is 6.05. The predicted octanol–water partition coefficient (Wildman–Crippen LogP) is 3.42. The highest BCUT2D eigenvalue weighted by atomic mass is 16.5. The number of aryl methyl sites for hydroxylation is 3. The number of hydrogen-bond acceptors (Lipinski definition) is 4. The van der Waals surface area contributed by atoms with Crippen LogP contribution in [0, 0.1) is 19.8 Å². The molecule has 0 saturated carbocycles. The summed E-state index contributed by atoms with van der Waals surface area (Å²) in [5, 5.41) is 8.25. The van der Waals surface area contributed by atoms with E-state index >= 15 is 0 Å². The summed E-state index contributed by atoms with van der Waals surface area (Å²) in [5.74, 6) is 0.470. The summed E-state index contributed by atoms with van der Waals surface area (Å²) in [4.78, 5) is 4.60. The van der Waals surface area contributed by atoms with Crippen LogP contribution in [0.1, 0.15) is 60.6 Å². The molecule has 2 aromatic heterocycles. The van der Waals surface area contributed by atoms with Gasteiger partial charge in [-0.25, -0.2) is 0 Å². The lowest BCUT2D eigenvalue weighted by Gasteiger charge is -2.23. The van der Waals surface area contributed by atoms with Crippen molar-refractivity contribution in [2.24, 2.45) is 13.0 Å². The van der Waals surface area contributed by atoms with Gasteiger partial charge in [0.05, 0.1) is 17.5 Å². The molecule has 0 amide bonds. The Bertz CT molecular complexity index is 724. The number of ether oxygens (including phenoxy) is 1. The van der Waals surface area contributed by atoms with Gasteiger partial charge in [0, 0.05) is 49.6 Å². The van der Waals surface area contributed by atoms with Crippen LogP contribution in [-0.4, -0.2) is 27.9 Å². The van der Waals surface area contributed by atoms with Gasteiger partial charge < -0.3 is 10.1 Å². The molecule has 0 spiro atoms. The second kappa shape index (κ2) is 7.67. The summed E-state index contributed by atoms with van der Waals surface area (Å²) in [6, 6.07) is 4.43. The number of rotatable bonds is 6. The predicted molar refractivity (Wildman–Crippen MR) is 99.5 cm³/mol. The molecule has 5 heteroatoms. The standard InChI is InChI=1S/C20H30N4O/c1-6-16-8-7-10-21-19(16)14(3)22-12-17-9-11-25-20(17)18-13(2)23-24(5)15(18)4/h7-8,10,14,17,20,22H,6,9,11-12H2,1-5H3/t14?,17-,20+/m1/s1. The van der Waals surface area contributed by atoms with Crippen LogP contribution in [0.4, 0.5) is 0 Å². The van der Waals surface area contributed by atoms with Crippen LogP contribution in [0.5, 0.6) is 0 Å². The highest BCUT2D eigenvalue weighted by Gasteiger charge is 2.33. The topological polar surface area (TPSA) is 52.0 Å². The van der Waals surface area contributed by atoms with E-state index in [4.69, 9.17) is 4.74 Å². The molecular formula is C20H30N4O. The van der Waals surface area contributed by atoms with Gasteiger partial charge in [-0.05, 0) is 45.2 Å². The third-order valence-electron chi connectivity index (χ3n) is 5.47. The average Bonchev–Trinajstić information content (AvgIpc) is 3.16. The van der Waals surface area contributed by atoms with E-state index in [0.29, 0.717) is 5.92 Å². The molecule has 5 nitrogen and oxygen atoms in total. The maximum atomic E-state index is 6.10. The third-order valence-corrected chi connectivity index (χ3v) is 5.47. The zero-order valence-corrected chi connectivity index (χ0v) is 16.0. The molecular weight excluding hydrogens is 312 g/mol. The summed E-state index contributed by atoms with van der Waals surface area (Å²) in [7, 11) is 2.00. The van der Waals surface area contributed by atoms with E-state index in [1.54, 1.807) is 0 Å². The molecule has 1 aliphatic rings. The molecule has 3 heterocycles. The van der Waals surface area contributed by atoms with Gasteiger partial charge in [-0.1, -0.05) is 13.0 Å². The van der Waals surface area contributed by atoms with Gasteiger partial charge in [0.15, 0.2) is 0 Å². The monoisotopic (exact) mass is 342 g/mol. The van der Waals surface area contributed by atoms with Crippen LogP contribution in [0.15, 0.2) is 18.3 Å². The Balaban J connectivity index is 1.70. The zero-order valence-electron chi connectivity index (χ0n) is 16.0. The molecule has 0 bridgehead atoms. The SMILES string of the molecule is CCc1cccnc1C(C)NC[C@H]1CCO[C@@H]1c1c(C)nn(C)c1C. The summed E-state index contributed by atoms with van der Waals surface area (Å²) < 4.78 is 8.06. The maximum absolute atomic E-state index is 6.10. The minimum atomic E-state index is 0.141. The smallest absolute Gasteiger partial charge is 0.0901 e. The molecule has 1 saturated heterocycles. The van der Waals surface area contributed by atoms with Crippen molar-refractivity contribution < 1.29 is 4.74 Å². The fourth-order valence-corrected chi connectivity index (χ4v) is 3.93. The van der Waals surface area contributed by atoms with E-state index in [-0.39, 0.29) is 12.1 Å². The fourth-order valence-electron chi connectivity index (χ4n) is 3.93. The summed E-state index contributed by atoms with van der Waals surface area (Å²) >= 11 is 0. The first-order chi connectivity index (χ1) is 12.0. The fraction of sp³-hybridized carbons (Fsp3) is 0.600. The number of hydrogen-bond donors (Lipinski definition) is 1. The van der Waals surface area contributed by atoms with Gasteiger partial charge >= 0.3 is 0 Å². The lowest BCUT2D eigenvalue weighted by molar-refractivity contribution is 0.0888. The van der Waals surface area contributed by atoms with Crippen molar-refractivity contribution in [1.29, 1.82) is 0 Å². The van der Waals surface area contributed by atoms with E-state index in [9.17, 15) is 0 Å². The van der Waals surface area contributed by atoms with Crippen LogP contribution in [0.2, 0.25) is 0 Å². The molecule has 1 fully saturated rings. The highest BCUT2D eigenvalue weighted by Crippen LogP contribution is 2.37. The van der Waals surface area contributed by atoms with E-state index in [1.165, 1.54) is 16.8 Å². The molecule has 3 atom stereocenters. The summed E-state index contributed by atoms with van der Waals surface area (Å²) in [6.45, 7) is 10.3. The zero-order chi connectivity index (χ0) is 18.0. The van der Waals surface area contributed by atoms with Gasteiger partial charge in [-0.3, -0.25) is 9.67 Å². The lowest BCUT2D eigenvalue weighted by Crippen LogP contribution is -2.28. The van der Waals surface area contributed by atoms with Crippen LogP contribution in [0.25, 0.3) is 0 Å². The van der Waals surface area contributed by atoms with Crippen LogP contribution >= 0.6 is 0 Å². The molecule has 1 N–H and O–H groups in total. The average molecular weight is 342 g/mol. The molecule has 136 valence electrons. The van der Waals surface area contributed by atoms with Crippen molar-refractivity contribution in [3.8, 4) is 0 Å². The maximum Gasteiger partial charge on any atom is 0.0901 e. The molecule has 0 aromatic carbocycles. The molecule has 0 radical (unpaired) electrons. The molecule has 0 aliphatic carbocycles. The van der Waals surface area contributed by atoms with Crippen molar-refractivity contribution in [3.63, 3.8) is 0 Å². The minimum Gasteiger partial charge on any atom is -0.373 e. The van der Waals surface area contributed by atoms with Crippen molar-refractivity contribution in [3.05, 3.63) is 46.5 Å². The number of nitrogens with zero attached hydrogens (tertiary/aromatic N) is 3. The van der Waals surface area contributed by atoms with Crippen molar-refractivity contribution >= 4 is 0 Å². The molecule has 2 aromatic rings. The van der Waals surface area contributed by atoms with Gasteiger partial charge in [0.2, 0.25) is 0 Å². The quantitative estimate of drug-likeness (QED) is 0.874. The normalized spacial score (nSPS) is 21.6. The van der Waals surface area contributed by atoms with E-state index in [0.717, 1.165) is 37.4 Å². The van der Waals surface area contributed by atoms with Crippen molar-refractivity contribution in [2.45, 2.75) is 52.7 Å². The van der Waals surface area contributed by atoms with E-state index in [1.807, 2.05) is 24.0 Å². The third kappa shape index (κ3) is 3.62. The van der Waals surface area contributed by atoms with Crippen LogP contribution < -0.4 is 5.32 Å². The minimum absolute atomic E-state index is 0.141. The Hall–Kier alpha value is -1.72. The molecule has 1 aliphatic heterocycles. The molecule has 3 rings (SSSR count). The largest absolute Gasteiger partial charge is 0.373 e. The van der Waals surface area contributed by atoms with Gasteiger partial charge in [-0.2, -0.15) is 5.10 Å². The van der Waals surface area contributed by atoms with Crippen LogP contribution in [0.3, 0.4) is 0 Å². The first-order valence-corrected chi connectivity index (χ1v) is 9.31. The molecule has 25 heavy (non-hydrogen) atoms. The number of nitrogens with one attached hydrogen (secondary N) is 1. The van der Waals surface area contributed by atoms with Gasteiger partial charge in [0.1, 0.15) is 0 Å². The number of pyridine rings is 1. The number of aromatic nitrogens is 3. The van der Waals surface area contributed by atoms with Crippen LogP contribution in [-0.2, 0) is 18.2 Å². The molecule has 1 unspecified atom stereocenters. The Morgan fingerprint density at radius 1 is 1.40 bits per heavy atom. The second-order valence-corrected chi connectivity index (χ2v) is 7.08. The Labute approximate surface area is 150 Å². The van der Waals surface area contributed by atoms with Gasteiger partial charge in [0.25, 0.3) is 0 Å². The first kappa shape index (κ1) is 18.1.